The molecule has 0 aliphatic carbocycles. The van der Waals surface area contributed by atoms with Crippen LogP contribution in [0, 0.1) is 0 Å². The smallest absolute Gasteiger partial charge is 0.263 e. The molecule has 0 aromatic heterocycles. The van der Waals surface area contributed by atoms with Crippen LogP contribution in [0.15, 0.2) is 218 Å². The number of hydrogen-bond acceptors (Lipinski definition) is 19. The van der Waals surface area contributed by atoms with E-state index in [4.69, 9.17) is 65.1 Å². The van der Waals surface area contributed by atoms with E-state index in [0.29, 0.717) is 49.9 Å². The minimum absolute atomic E-state index is 0.0263. The molecular formula is C81H75N7O12S6. The standard InChI is InChI=1S/C81H75N7O12S6/c89-73(61-31-34-64(76(92)86-43-46-104-79(86)101)70(98-52-58-25-13-4-14-26-58)67(61)95-49-55-19-7-1-8-20-55)82-37-40-85(41-38-83-74(90)62-32-35-65(77(93)87-44-47-105-80(87)102)71(99-53-59-27-15-5-16-28-59)68(62)96-50-56-21-9-2-10-22-56)42-39-84-75(91)63-33-36-66(78(94)88-45-48-106-81(88)103)72(100-54-60-29-17-6-18-30-60)69(63)97-51-57-23-11-3-12-24-57/h1-36H,37-54H2,(H,82,89)(H,83,90)(H,84,91). The van der Waals surface area contributed by atoms with Crippen molar-refractivity contribution in [1.82, 2.24) is 35.6 Å². The van der Waals surface area contributed by atoms with Crippen molar-refractivity contribution in [2.24, 2.45) is 0 Å². The second-order valence-electron chi connectivity index (χ2n) is 24.4. The molecule has 106 heavy (non-hydrogen) atoms. The molecular weight excluding hydrogens is 1460 g/mol. The quantitative estimate of drug-likeness (QED) is 0.0327. The van der Waals surface area contributed by atoms with E-state index in [1.54, 1.807) is 36.4 Å². The van der Waals surface area contributed by atoms with Crippen LogP contribution >= 0.6 is 71.9 Å². The number of nitrogens with zero attached hydrogens (tertiary/aromatic N) is 4. The lowest BCUT2D eigenvalue weighted by atomic mass is 10.1. The monoisotopic (exact) mass is 1530 g/mol. The summed E-state index contributed by atoms with van der Waals surface area (Å²) in [5, 5.41) is 9.25. The van der Waals surface area contributed by atoms with Crippen molar-refractivity contribution in [3.63, 3.8) is 0 Å². The molecule has 0 spiro atoms. The Morgan fingerprint density at radius 2 is 0.500 bits per heavy atom. The zero-order chi connectivity index (χ0) is 73.6. The van der Waals surface area contributed by atoms with Crippen molar-refractivity contribution >= 4 is 120 Å². The Labute approximate surface area is 644 Å². The normalized spacial score (nSPS) is 13.3. The first-order valence-electron chi connectivity index (χ1n) is 34.4. The van der Waals surface area contributed by atoms with Gasteiger partial charge in [-0.15, -0.1) is 0 Å². The zero-order valence-corrected chi connectivity index (χ0v) is 62.5. The van der Waals surface area contributed by atoms with E-state index in [-0.39, 0.29) is 147 Å². The number of carbonyl (C=O) groups excluding carboxylic acids is 6. The Morgan fingerprint density at radius 3 is 0.698 bits per heavy atom. The van der Waals surface area contributed by atoms with Gasteiger partial charge in [0.2, 0.25) is 0 Å². The number of ether oxygens (including phenoxy) is 6. The maximum atomic E-state index is 15.0. The first-order valence-corrected chi connectivity index (χ1v) is 38.6. The summed E-state index contributed by atoms with van der Waals surface area (Å²) in [5.41, 5.74) is 5.63. The third-order valence-corrected chi connectivity index (χ3v) is 21.6. The van der Waals surface area contributed by atoms with Gasteiger partial charge in [0.05, 0.1) is 33.4 Å². The van der Waals surface area contributed by atoms with Gasteiger partial charge in [-0.3, -0.25) is 48.4 Å². The molecule has 25 heteroatoms. The summed E-state index contributed by atoms with van der Waals surface area (Å²) in [5.74, 6) is -0.544. The number of rotatable bonds is 33. The molecule has 3 fully saturated rings. The second-order valence-corrected chi connectivity index (χ2v) is 29.6. The van der Waals surface area contributed by atoms with Crippen molar-refractivity contribution in [1.29, 1.82) is 0 Å². The van der Waals surface area contributed by atoms with E-state index in [1.165, 1.54) is 50.0 Å². The van der Waals surface area contributed by atoms with Gasteiger partial charge >= 0.3 is 0 Å². The molecule has 3 aliphatic heterocycles. The fraction of sp³-hybridized carbons (Fsp3) is 0.222. The highest BCUT2D eigenvalue weighted by Crippen LogP contribution is 2.42. The first kappa shape index (κ1) is 75.6. The largest absolute Gasteiger partial charge is 0.484 e. The van der Waals surface area contributed by atoms with Crippen LogP contribution in [-0.2, 0) is 39.6 Å². The van der Waals surface area contributed by atoms with E-state index in [1.807, 2.05) is 187 Å². The molecule has 3 N–H and O–H groups in total. The maximum absolute atomic E-state index is 15.0. The average molecular weight is 1530 g/mol. The summed E-state index contributed by atoms with van der Waals surface area (Å²) in [7, 11) is 0. The van der Waals surface area contributed by atoms with Crippen molar-refractivity contribution in [2.75, 3.05) is 76.2 Å². The van der Waals surface area contributed by atoms with Gasteiger partial charge < -0.3 is 44.4 Å². The van der Waals surface area contributed by atoms with Gasteiger partial charge in [0, 0.05) is 76.2 Å². The average Bonchev–Trinajstić information content (AvgIpc) is 1.14. The highest BCUT2D eigenvalue weighted by molar-refractivity contribution is 8.24. The molecule has 9 aromatic rings. The Balaban J connectivity index is 0.845. The number of hydrogen-bond donors (Lipinski definition) is 3. The molecule has 9 aromatic carbocycles. The van der Waals surface area contributed by atoms with Crippen LogP contribution in [0.4, 0.5) is 0 Å². The van der Waals surface area contributed by atoms with Gasteiger partial charge in [0.25, 0.3) is 35.4 Å². The van der Waals surface area contributed by atoms with Crippen molar-refractivity contribution < 1.29 is 57.2 Å². The fourth-order valence-electron chi connectivity index (χ4n) is 11.7. The summed E-state index contributed by atoms with van der Waals surface area (Å²) in [6.45, 7) is 1.98. The lowest BCUT2D eigenvalue weighted by molar-refractivity contribution is 0.0846. The number of thiocarbonyl (C=S) groups is 3. The molecule has 19 nitrogen and oxygen atoms in total. The van der Waals surface area contributed by atoms with E-state index in [9.17, 15) is 28.8 Å². The topological polar surface area (TPSA) is 207 Å². The number of nitrogens with one attached hydrogen (secondary N) is 3. The zero-order valence-electron chi connectivity index (χ0n) is 57.6. The lowest BCUT2D eigenvalue weighted by Gasteiger charge is -2.25. The van der Waals surface area contributed by atoms with Gasteiger partial charge in [-0.25, -0.2) is 0 Å². The van der Waals surface area contributed by atoms with E-state index < -0.39 is 35.4 Å². The van der Waals surface area contributed by atoms with Crippen LogP contribution in [0.2, 0.25) is 0 Å². The fourth-order valence-corrected chi connectivity index (χ4v) is 15.3. The SMILES string of the molecule is O=C(NCCN(CCNC(=O)c1ccc(C(=O)N2CCSC2=S)c(OCc2ccccc2)c1OCc1ccccc1)CCNC(=O)c1ccc(C(=O)N2CCSC2=S)c(OCc2ccccc2)c1OCc1ccccc1)c1ccc(C(=O)N2CCSC2=S)c(OCc2ccccc2)c1OCc1ccccc1. The van der Waals surface area contributed by atoms with Crippen LogP contribution in [0.5, 0.6) is 34.5 Å². The molecule has 0 atom stereocenters. The van der Waals surface area contributed by atoms with Crippen LogP contribution in [-0.4, -0.2) is 144 Å². The van der Waals surface area contributed by atoms with E-state index in [0.717, 1.165) is 33.4 Å². The maximum Gasteiger partial charge on any atom is 0.263 e. The second kappa shape index (κ2) is 37.7. The van der Waals surface area contributed by atoms with Crippen molar-refractivity contribution in [2.45, 2.75) is 39.6 Å². The summed E-state index contributed by atoms with van der Waals surface area (Å²) < 4.78 is 40.8. The molecule has 3 saturated heterocycles. The Bertz CT molecular complexity index is 4170. The summed E-state index contributed by atoms with van der Waals surface area (Å²) in [4.78, 5) is 94.9. The number of thioether (sulfide) groups is 3. The summed E-state index contributed by atoms with van der Waals surface area (Å²) >= 11 is 21.1. The Morgan fingerprint density at radius 1 is 0.302 bits per heavy atom. The van der Waals surface area contributed by atoms with Crippen molar-refractivity contribution in [3.05, 3.63) is 285 Å². The molecule has 0 saturated carbocycles. The molecule has 6 amide bonds. The van der Waals surface area contributed by atoms with Crippen LogP contribution in [0.1, 0.15) is 95.5 Å². The summed E-state index contributed by atoms with van der Waals surface area (Å²) in [6.07, 6.45) is 0. The van der Waals surface area contributed by atoms with E-state index >= 15 is 0 Å². The molecule has 0 unspecified atom stereocenters. The predicted octanol–water partition coefficient (Wildman–Crippen LogP) is 13.5. The van der Waals surface area contributed by atoms with Gasteiger partial charge in [-0.1, -0.05) is 254 Å². The van der Waals surface area contributed by atoms with Crippen LogP contribution in [0.25, 0.3) is 0 Å². The van der Waals surface area contributed by atoms with Gasteiger partial charge in [-0.05, 0) is 69.8 Å². The molecule has 12 rings (SSSR count). The number of carbonyl (C=O) groups is 6. The van der Waals surface area contributed by atoms with Crippen molar-refractivity contribution in [3.8, 4) is 34.5 Å². The van der Waals surface area contributed by atoms with Crippen LogP contribution in [0.3, 0.4) is 0 Å². The summed E-state index contributed by atoms with van der Waals surface area (Å²) in [6, 6.07) is 65.9. The predicted molar refractivity (Wildman–Crippen MR) is 426 cm³/mol. The number of benzene rings is 9. The minimum Gasteiger partial charge on any atom is -0.484 e. The Hall–Kier alpha value is -10.1. The minimum atomic E-state index is -0.540. The van der Waals surface area contributed by atoms with E-state index in [2.05, 4.69) is 16.0 Å². The molecule has 542 valence electrons. The molecule has 3 aliphatic rings. The lowest BCUT2D eigenvalue weighted by Crippen LogP contribution is -2.43. The molecule has 0 bridgehead atoms. The van der Waals surface area contributed by atoms with Crippen LogP contribution < -0.4 is 44.4 Å². The Kier molecular flexibility index (Phi) is 26.9. The van der Waals surface area contributed by atoms with Gasteiger partial charge in [0.15, 0.2) is 34.5 Å². The van der Waals surface area contributed by atoms with Gasteiger partial charge in [0.1, 0.15) is 52.6 Å². The highest BCUT2D eigenvalue weighted by Gasteiger charge is 2.35. The molecule has 0 radical (unpaired) electrons. The molecule has 3 heterocycles. The third kappa shape index (κ3) is 19.7. The first-order chi connectivity index (χ1) is 51.8. The third-order valence-electron chi connectivity index (χ3n) is 17.3. The highest BCUT2D eigenvalue weighted by atomic mass is 32.2. The number of amides is 6. The van der Waals surface area contributed by atoms with Gasteiger partial charge in [-0.2, -0.15) is 0 Å².